The van der Waals surface area contributed by atoms with E-state index in [0.717, 1.165) is 35.1 Å². The van der Waals surface area contributed by atoms with Crippen LogP contribution in [0.3, 0.4) is 0 Å². The van der Waals surface area contributed by atoms with Crippen LogP contribution < -0.4 is 10.6 Å². The van der Waals surface area contributed by atoms with Crippen LogP contribution >= 0.6 is 15.9 Å². The summed E-state index contributed by atoms with van der Waals surface area (Å²) in [6.07, 6.45) is 4.90. The number of carbonyl (C=O) groups excluding carboxylic acids is 1. The Labute approximate surface area is 139 Å². The van der Waals surface area contributed by atoms with E-state index in [1.165, 1.54) is 0 Å². The first kappa shape index (κ1) is 16.5. The van der Waals surface area contributed by atoms with Crippen molar-refractivity contribution in [1.29, 1.82) is 0 Å². The lowest BCUT2D eigenvalue weighted by molar-refractivity contribution is 0.0948. The van der Waals surface area contributed by atoms with Crippen molar-refractivity contribution >= 4 is 33.2 Å². The van der Waals surface area contributed by atoms with Gasteiger partial charge in [-0.3, -0.25) is 9.78 Å². The second-order valence-electron chi connectivity index (χ2n) is 5.02. The third kappa shape index (κ3) is 5.15. The van der Waals surface area contributed by atoms with E-state index in [0.29, 0.717) is 12.2 Å². The van der Waals surface area contributed by atoms with E-state index in [-0.39, 0.29) is 5.91 Å². The first-order chi connectivity index (χ1) is 10.7. The maximum atomic E-state index is 12.0. The zero-order chi connectivity index (χ0) is 15.8. The number of anilines is 2. The highest BCUT2D eigenvalue weighted by Crippen LogP contribution is 2.19. The Kier molecular flexibility index (Phi) is 6.40. The van der Waals surface area contributed by atoms with Crippen LogP contribution in [0.5, 0.6) is 0 Å². The fraction of sp³-hybridized carbons (Fsp3) is 0.294. The smallest absolute Gasteiger partial charge is 0.269 e. The predicted octanol–water partition coefficient (Wildman–Crippen LogP) is 4.51. The van der Waals surface area contributed by atoms with E-state index < -0.39 is 0 Å². The van der Waals surface area contributed by atoms with Crippen molar-refractivity contribution in [2.75, 3.05) is 11.9 Å². The lowest BCUT2D eigenvalue weighted by Crippen LogP contribution is -2.25. The molecular formula is C17H20BrN3O. The second kappa shape index (κ2) is 8.54. The molecule has 1 amide bonds. The normalized spacial score (nSPS) is 10.3. The van der Waals surface area contributed by atoms with Crippen LogP contribution in [0.15, 0.2) is 47.1 Å². The van der Waals surface area contributed by atoms with Crippen molar-refractivity contribution in [3.05, 3.63) is 52.8 Å². The zero-order valence-electron chi connectivity index (χ0n) is 12.6. The number of hydrogen-bond donors (Lipinski definition) is 2. The Hall–Kier alpha value is -1.88. The van der Waals surface area contributed by atoms with E-state index >= 15 is 0 Å². The number of unbranched alkanes of at least 4 members (excludes halogenated alkanes) is 2. The fourth-order valence-electron chi connectivity index (χ4n) is 2.00. The average Bonchev–Trinajstić information content (AvgIpc) is 2.54. The maximum absolute atomic E-state index is 12.0. The van der Waals surface area contributed by atoms with Gasteiger partial charge in [-0.15, -0.1) is 0 Å². The Morgan fingerprint density at radius 3 is 2.64 bits per heavy atom. The number of nitrogens with one attached hydrogen (secondary N) is 2. The number of aromatic nitrogens is 1. The van der Waals surface area contributed by atoms with Crippen molar-refractivity contribution in [2.24, 2.45) is 0 Å². The number of rotatable bonds is 7. The molecule has 4 nitrogen and oxygen atoms in total. The van der Waals surface area contributed by atoms with Gasteiger partial charge in [0, 0.05) is 28.6 Å². The van der Waals surface area contributed by atoms with E-state index in [2.05, 4.69) is 38.5 Å². The molecule has 0 spiro atoms. The van der Waals surface area contributed by atoms with Crippen LogP contribution in [0.25, 0.3) is 0 Å². The summed E-state index contributed by atoms with van der Waals surface area (Å²) in [5.41, 5.74) is 2.23. The van der Waals surface area contributed by atoms with Crippen LogP contribution in [-0.2, 0) is 0 Å². The highest BCUT2D eigenvalue weighted by Gasteiger charge is 2.07. The molecule has 1 heterocycles. The SMILES string of the molecule is CCCCCNC(=O)c1cc(Nc2ccc(Br)cc2)ccn1. The molecule has 0 aliphatic rings. The van der Waals surface area contributed by atoms with Gasteiger partial charge in [0.15, 0.2) is 0 Å². The number of halogens is 1. The molecule has 0 unspecified atom stereocenters. The monoisotopic (exact) mass is 361 g/mol. The largest absolute Gasteiger partial charge is 0.355 e. The van der Waals surface area contributed by atoms with Gasteiger partial charge >= 0.3 is 0 Å². The van der Waals surface area contributed by atoms with Gasteiger partial charge in [-0.1, -0.05) is 35.7 Å². The Morgan fingerprint density at radius 1 is 1.14 bits per heavy atom. The van der Waals surface area contributed by atoms with Crippen LogP contribution in [0.4, 0.5) is 11.4 Å². The van der Waals surface area contributed by atoms with Crippen molar-refractivity contribution in [3.63, 3.8) is 0 Å². The van der Waals surface area contributed by atoms with Crippen molar-refractivity contribution in [1.82, 2.24) is 10.3 Å². The average molecular weight is 362 g/mol. The third-order valence-corrected chi connectivity index (χ3v) is 3.72. The highest BCUT2D eigenvalue weighted by atomic mass is 79.9. The maximum Gasteiger partial charge on any atom is 0.269 e. The quantitative estimate of drug-likeness (QED) is 0.713. The van der Waals surface area contributed by atoms with Crippen LogP contribution in [0, 0.1) is 0 Å². The number of amides is 1. The summed E-state index contributed by atoms with van der Waals surface area (Å²) < 4.78 is 1.03. The molecule has 2 rings (SSSR count). The summed E-state index contributed by atoms with van der Waals surface area (Å²) in [6, 6.07) is 11.5. The first-order valence-corrected chi connectivity index (χ1v) is 8.25. The molecule has 22 heavy (non-hydrogen) atoms. The molecule has 1 aromatic heterocycles. The van der Waals surface area contributed by atoms with Crippen molar-refractivity contribution in [2.45, 2.75) is 26.2 Å². The topological polar surface area (TPSA) is 54.0 Å². The molecule has 0 radical (unpaired) electrons. The Balaban J connectivity index is 1.97. The van der Waals surface area contributed by atoms with Crippen LogP contribution in [0.2, 0.25) is 0 Å². The first-order valence-electron chi connectivity index (χ1n) is 7.46. The number of hydrogen-bond acceptors (Lipinski definition) is 3. The summed E-state index contributed by atoms with van der Waals surface area (Å²) in [6.45, 7) is 2.83. The van der Waals surface area contributed by atoms with Crippen molar-refractivity contribution < 1.29 is 4.79 Å². The Bertz CT molecular complexity index is 614. The van der Waals surface area contributed by atoms with E-state index in [4.69, 9.17) is 0 Å². The minimum Gasteiger partial charge on any atom is -0.355 e. The van der Waals surface area contributed by atoms with E-state index in [1.54, 1.807) is 12.3 Å². The molecule has 1 aromatic carbocycles. The molecule has 0 saturated carbocycles. The van der Waals surface area contributed by atoms with Gasteiger partial charge in [0.25, 0.3) is 5.91 Å². The Morgan fingerprint density at radius 2 is 1.91 bits per heavy atom. The lowest BCUT2D eigenvalue weighted by atomic mass is 10.2. The fourth-order valence-corrected chi connectivity index (χ4v) is 2.26. The van der Waals surface area contributed by atoms with Gasteiger partial charge in [0.2, 0.25) is 0 Å². The van der Waals surface area contributed by atoms with Gasteiger partial charge < -0.3 is 10.6 Å². The zero-order valence-corrected chi connectivity index (χ0v) is 14.2. The number of nitrogens with zero attached hydrogens (tertiary/aromatic N) is 1. The van der Waals surface area contributed by atoms with Gasteiger partial charge in [-0.2, -0.15) is 0 Å². The number of benzene rings is 1. The lowest BCUT2D eigenvalue weighted by Gasteiger charge is -2.08. The van der Waals surface area contributed by atoms with Gasteiger partial charge in [-0.05, 0) is 42.8 Å². The molecular weight excluding hydrogens is 342 g/mol. The summed E-state index contributed by atoms with van der Waals surface area (Å²) in [4.78, 5) is 16.2. The molecule has 0 aliphatic heterocycles. The molecule has 0 aliphatic carbocycles. The van der Waals surface area contributed by atoms with E-state index in [1.807, 2.05) is 30.3 Å². The second-order valence-corrected chi connectivity index (χ2v) is 5.94. The highest BCUT2D eigenvalue weighted by molar-refractivity contribution is 9.10. The minimum absolute atomic E-state index is 0.129. The van der Waals surface area contributed by atoms with Gasteiger partial charge in [-0.25, -0.2) is 0 Å². The molecule has 2 N–H and O–H groups in total. The predicted molar refractivity (Wildman–Crippen MR) is 93.5 cm³/mol. The molecule has 5 heteroatoms. The number of pyridine rings is 1. The summed E-state index contributed by atoms with van der Waals surface area (Å²) in [5, 5.41) is 6.16. The molecule has 2 aromatic rings. The standard InChI is InChI=1S/C17H20BrN3O/c1-2-3-4-10-20-17(22)16-12-15(9-11-19-16)21-14-7-5-13(18)6-8-14/h5-9,11-12H,2-4,10H2,1H3,(H,19,21)(H,20,22). The van der Waals surface area contributed by atoms with Gasteiger partial charge in [0.05, 0.1) is 0 Å². The molecule has 0 bridgehead atoms. The molecule has 116 valence electrons. The summed E-state index contributed by atoms with van der Waals surface area (Å²) >= 11 is 3.41. The summed E-state index contributed by atoms with van der Waals surface area (Å²) in [5.74, 6) is -0.129. The van der Waals surface area contributed by atoms with Crippen LogP contribution in [0.1, 0.15) is 36.7 Å². The molecule has 0 atom stereocenters. The molecule has 0 fully saturated rings. The van der Waals surface area contributed by atoms with E-state index in [9.17, 15) is 4.79 Å². The summed E-state index contributed by atoms with van der Waals surface area (Å²) in [7, 11) is 0. The van der Waals surface area contributed by atoms with Crippen LogP contribution in [-0.4, -0.2) is 17.4 Å². The van der Waals surface area contributed by atoms with Crippen molar-refractivity contribution in [3.8, 4) is 0 Å². The minimum atomic E-state index is -0.129. The number of carbonyl (C=O) groups is 1. The third-order valence-electron chi connectivity index (χ3n) is 3.19. The molecule has 0 saturated heterocycles. The van der Waals surface area contributed by atoms with Gasteiger partial charge in [0.1, 0.15) is 5.69 Å².